The average Bonchev–Trinajstić information content (AvgIpc) is 3.10. The molecule has 6 rings (SSSR count). The van der Waals surface area contributed by atoms with Crippen LogP contribution in [0, 0.1) is 0 Å². The summed E-state index contributed by atoms with van der Waals surface area (Å²) in [4.78, 5) is 22.5. The monoisotopic (exact) mass is 512 g/mol. The first-order valence-corrected chi connectivity index (χ1v) is 14.0. The van der Waals surface area contributed by atoms with Crippen molar-refractivity contribution in [2.24, 2.45) is 7.05 Å². The standard InChI is InChI=1S/C31H36N4O3/c1-34-28-20-32-27-14-12-23(18-26(27)30(28)35(31(34)36)25-11-7-16-37-21-25)24-13-15-29(33-19-24)38-17-6-10-22-8-4-2-3-5-9-22/h8,12-15,18-20,25H,2-7,9-11,16-17,21H2,1H3/t25-/m1/s1. The van der Waals surface area contributed by atoms with Crippen molar-refractivity contribution in [2.75, 3.05) is 19.8 Å². The van der Waals surface area contributed by atoms with Gasteiger partial charge in [0.15, 0.2) is 0 Å². The van der Waals surface area contributed by atoms with Crippen LogP contribution in [0.3, 0.4) is 0 Å². The van der Waals surface area contributed by atoms with E-state index in [1.165, 1.54) is 32.1 Å². The Morgan fingerprint density at radius 2 is 1.97 bits per heavy atom. The number of allylic oxidation sites excluding steroid dienone is 2. The molecule has 7 heteroatoms. The van der Waals surface area contributed by atoms with Crippen LogP contribution in [0.2, 0.25) is 0 Å². The summed E-state index contributed by atoms with van der Waals surface area (Å²) in [5.74, 6) is 0.655. The topological polar surface area (TPSA) is 71.2 Å². The lowest BCUT2D eigenvalue weighted by Gasteiger charge is -2.23. The molecule has 1 fully saturated rings. The van der Waals surface area contributed by atoms with E-state index >= 15 is 0 Å². The van der Waals surface area contributed by atoms with Gasteiger partial charge in [0.1, 0.15) is 0 Å². The van der Waals surface area contributed by atoms with Gasteiger partial charge in [0.05, 0.1) is 42.0 Å². The minimum atomic E-state index is -0.0197. The number of aromatic nitrogens is 4. The lowest BCUT2D eigenvalue weighted by molar-refractivity contribution is 0.0593. The third kappa shape index (κ3) is 4.99. The third-order valence-electron chi connectivity index (χ3n) is 8.01. The van der Waals surface area contributed by atoms with E-state index in [4.69, 9.17) is 9.47 Å². The maximum Gasteiger partial charge on any atom is 0.329 e. The molecule has 7 nitrogen and oxygen atoms in total. The Morgan fingerprint density at radius 1 is 1.05 bits per heavy atom. The van der Waals surface area contributed by atoms with E-state index in [1.807, 2.05) is 29.9 Å². The summed E-state index contributed by atoms with van der Waals surface area (Å²) in [7, 11) is 1.82. The maximum absolute atomic E-state index is 13.3. The number of hydrogen-bond donors (Lipinski definition) is 0. The largest absolute Gasteiger partial charge is 0.478 e. The zero-order valence-corrected chi connectivity index (χ0v) is 22.2. The predicted molar refractivity (Wildman–Crippen MR) is 151 cm³/mol. The number of benzene rings is 1. The van der Waals surface area contributed by atoms with Gasteiger partial charge < -0.3 is 9.47 Å². The van der Waals surface area contributed by atoms with Crippen LogP contribution >= 0.6 is 0 Å². The van der Waals surface area contributed by atoms with Crippen LogP contribution < -0.4 is 10.4 Å². The summed E-state index contributed by atoms with van der Waals surface area (Å²) in [6.07, 6.45) is 16.6. The summed E-state index contributed by atoms with van der Waals surface area (Å²) >= 11 is 0. The van der Waals surface area contributed by atoms with Crippen molar-refractivity contribution >= 4 is 21.9 Å². The zero-order chi connectivity index (χ0) is 25.9. The van der Waals surface area contributed by atoms with Gasteiger partial charge in [0.2, 0.25) is 5.88 Å². The Labute approximate surface area is 223 Å². The fourth-order valence-electron chi connectivity index (χ4n) is 5.89. The molecule has 1 aliphatic heterocycles. The van der Waals surface area contributed by atoms with Gasteiger partial charge >= 0.3 is 5.69 Å². The van der Waals surface area contributed by atoms with Crippen LogP contribution in [0.25, 0.3) is 33.1 Å². The van der Waals surface area contributed by atoms with Gasteiger partial charge in [-0.05, 0) is 75.1 Å². The molecule has 1 atom stereocenters. The van der Waals surface area contributed by atoms with Crippen LogP contribution in [-0.4, -0.2) is 38.9 Å². The number of fused-ring (bicyclic) bond motifs is 3. The van der Waals surface area contributed by atoms with Crippen molar-refractivity contribution in [1.29, 1.82) is 0 Å². The molecule has 0 unspecified atom stereocenters. The molecule has 0 spiro atoms. The summed E-state index contributed by atoms with van der Waals surface area (Å²) in [5.41, 5.74) is 6.25. The number of rotatable bonds is 7. The van der Waals surface area contributed by atoms with Gasteiger partial charge in [0.25, 0.3) is 0 Å². The Kier molecular flexibility index (Phi) is 7.27. The highest BCUT2D eigenvalue weighted by molar-refractivity contribution is 6.04. The van der Waals surface area contributed by atoms with Crippen molar-refractivity contribution < 1.29 is 9.47 Å². The number of aryl methyl sites for hydroxylation is 1. The molecule has 0 N–H and O–H groups in total. The molecule has 0 amide bonds. The molecule has 3 aromatic heterocycles. The van der Waals surface area contributed by atoms with Gasteiger partial charge in [-0.1, -0.05) is 24.1 Å². The molecule has 198 valence electrons. The summed E-state index contributed by atoms with van der Waals surface area (Å²) < 4.78 is 15.3. The van der Waals surface area contributed by atoms with Crippen molar-refractivity contribution in [1.82, 2.24) is 19.1 Å². The number of imidazole rings is 1. The van der Waals surface area contributed by atoms with Crippen molar-refractivity contribution in [3.63, 3.8) is 0 Å². The normalized spacial score (nSPS) is 18.4. The van der Waals surface area contributed by atoms with Gasteiger partial charge in [-0.3, -0.25) is 14.1 Å². The second-order valence-electron chi connectivity index (χ2n) is 10.6. The Hall–Kier alpha value is -3.45. The van der Waals surface area contributed by atoms with E-state index in [2.05, 4.69) is 34.2 Å². The zero-order valence-electron chi connectivity index (χ0n) is 22.2. The average molecular weight is 513 g/mol. The minimum Gasteiger partial charge on any atom is -0.478 e. The maximum atomic E-state index is 13.3. The van der Waals surface area contributed by atoms with Gasteiger partial charge in [0, 0.05) is 36.9 Å². The molecule has 4 aromatic rings. The van der Waals surface area contributed by atoms with Crippen LogP contribution in [0.1, 0.15) is 63.8 Å². The Bertz CT molecular complexity index is 1510. The van der Waals surface area contributed by atoms with Crippen LogP contribution in [-0.2, 0) is 11.8 Å². The molecule has 38 heavy (non-hydrogen) atoms. The molecule has 1 aromatic carbocycles. The number of hydrogen-bond acceptors (Lipinski definition) is 5. The summed E-state index contributed by atoms with van der Waals surface area (Å²) in [6, 6.07) is 10.2. The van der Waals surface area contributed by atoms with E-state index < -0.39 is 0 Å². The molecule has 2 aliphatic rings. The molecular weight excluding hydrogens is 476 g/mol. The highest BCUT2D eigenvalue weighted by Gasteiger charge is 2.23. The van der Waals surface area contributed by atoms with E-state index in [-0.39, 0.29) is 11.7 Å². The van der Waals surface area contributed by atoms with E-state index in [9.17, 15) is 4.79 Å². The second kappa shape index (κ2) is 11.1. The third-order valence-corrected chi connectivity index (χ3v) is 8.01. The molecule has 0 bridgehead atoms. The highest BCUT2D eigenvalue weighted by Crippen LogP contribution is 2.31. The smallest absolute Gasteiger partial charge is 0.329 e. The first-order valence-electron chi connectivity index (χ1n) is 14.0. The van der Waals surface area contributed by atoms with E-state index in [1.54, 1.807) is 16.3 Å². The molecule has 4 heterocycles. The minimum absolute atomic E-state index is 0.0197. The Morgan fingerprint density at radius 3 is 2.82 bits per heavy atom. The summed E-state index contributed by atoms with van der Waals surface area (Å²) in [6.45, 7) is 2.00. The van der Waals surface area contributed by atoms with Crippen LogP contribution in [0.15, 0.2) is 59.2 Å². The van der Waals surface area contributed by atoms with E-state index in [0.29, 0.717) is 19.1 Å². The van der Waals surface area contributed by atoms with E-state index in [0.717, 1.165) is 65.4 Å². The van der Waals surface area contributed by atoms with Crippen molar-refractivity contribution in [3.05, 3.63) is 64.9 Å². The second-order valence-corrected chi connectivity index (χ2v) is 10.6. The number of ether oxygens (including phenoxy) is 2. The quantitative estimate of drug-likeness (QED) is 0.213. The first kappa shape index (κ1) is 24.9. The molecule has 1 aliphatic carbocycles. The lowest BCUT2D eigenvalue weighted by atomic mass is 10.0. The van der Waals surface area contributed by atoms with Crippen LogP contribution in [0.5, 0.6) is 5.88 Å². The lowest BCUT2D eigenvalue weighted by Crippen LogP contribution is -2.31. The fraction of sp³-hybridized carbons (Fsp3) is 0.452. The van der Waals surface area contributed by atoms with Crippen LogP contribution in [0.4, 0.5) is 0 Å². The predicted octanol–water partition coefficient (Wildman–Crippen LogP) is 6.35. The molecular formula is C31H36N4O3. The SMILES string of the molecule is Cn1c(=O)n([C@@H]2CCCOC2)c2c3cc(-c4ccc(OCCCC5=CCCCCC5)nc4)ccc3ncc21. The van der Waals surface area contributed by atoms with Crippen molar-refractivity contribution in [2.45, 2.75) is 63.8 Å². The fourth-order valence-corrected chi connectivity index (χ4v) is 5.89. The van der Waals surface area contributed by atoms with Gasteiger partial charge in [-0.15, -0.1) is 0 Å². The van der Waals surface area contributed by atoms with Crippen molar-refractivity contribution in [3.8, 4) is 17.0 Å². The Balaban J connectivity index is 1.23. The molecule has 0 saturated carbocycles. The first-order chi connectivity index (χ1) is 18.7. The highest BCUT2D eigenvalue weighted by atomic mass is 16.5. The summed E-state index contributed by atoms with van der Waals surface area (Å²) in [5, 5.41) is 0.969. The van der Waals surface area contributed by atoms with Gasteiger partial charge in [-0.25, -0.2) is 9.78 Å². The number of pyridine rings is 2. The molecule has 1 saturated heterocycles. The van der Waals surface area contributed by atoms with Gasteiger partial charge in [-0.2, -0.15) is 0 Å². The number of nitrogens with zero attached hydrogens (tertiary/aromatic N) is 4. The molecule has 0 radical (unpaired) electrons.